The van der Waals surface area contributed by atoms with E-state index in [4.69, 9.17) is 9.52 Å². The smallest absolute Gasteiger partial charge is 0.305 e. The third-order valence-corrected chi connectivity index (χ3v) is 4.98. The van der Waals surface area contributed by atoms with Crippen LogP contribution in [0.3, 0.4) is 0 Å². The first-order valence-electron chi connectivity index (χ1n) is 8.42. The fraction of sp³-hybridized carbons (Fsp3) is 0.474. The van der Waals surface area contributed by atoms with E-state index in [1.165, 1.54) is 0 Å². The fourth-order valence-electron chi connectivity index (χ4n) is 3.69. The predicted molar refractivity (Wildman–Crippen MR) is 91.4 cm³/mol. The van der Waals surface area contributed by atoms with E-state index < -0.39 is 5.97 Å². The molecule has 0 aliphatic carbocycles. The number of rotatable bonds is 3. The van der Waals surface area contributed by atoms with Crippen LogP contribution in [-0.2, 0) is 4.79 Å². The third-order valence-electron chi connectivity index (χ3n) is 4.98. The molecule has 1 aliphatic heterocycles. The number of fused-ring (bicyclic) bond motifs is 1. The normalized spacial score (nSPS) is 18.1. The number of benzene rings is 1. The molecule has 1 amide bonds. The number of carboxylic acid groups (broad SMARTS) is 1. The molecule has 1 aromatic heterocycles. The summed E-state index contributed by atoms with van der Waals surface area (Å²) >= 11 is 0. The molecule has 2 heterocycles. The van der Waals surface area contributed by atoms with Crippen LogP contribution in [0.2, 0.25) is 0 Å². The maximum atomic E-state index is 13.0. The number of aryl methyl sites for hydroxylation is 3. The standard InChI is InChI=1S/C19H23NO4/c1-11-7-8-12(2)17-16(11)13(3)18(24-17)19(23)20-9-5-4-6-14(20)10-15(21)22/h7-8,14H,4-6,9-10H2,1-3H3,(H,21,22)/t14-/m0/s1. The van der Waals surface area contributed by atoms with Crippen LogP contribution in [0, 0.1) is 20.8 Å². The van der Waals surface area contributed by atoms with Gasteiger partial charge in [0, 0.05) is 23.5 Å². The Morgan fingerprint density at radius 1 is 1.21 bits per heavy atom. The average molecular weight is 329 g/mol. The molecule has 1 aromatic carbocycles. The summed E-state index contributed by atoms with van der Waals surface area (Å²) in [5, 5.41) is 10.1. The zero-order valence-corrected chi connectivity index (χ0v) is 14.4. The summed E-state index contributed by atoms with van der Waals surface area (Å²) in [5.74, 6) is -0.708. The number of nitrogens with zero attached hydrogens (tertiary/aromatic N) is 1. The minimum Gasteiger partial charge on any atom is -0.481 e. The second kappa shape index (κ2) is 6.30. The highest BCUT2D eigenvalue weighted by molar-refractivity contribution is 6.00. The first-order chi connectivity index (χ1) is 11.4. The summed E-state index contributed by atoms with van der Waals surface area (Å²) in [6.07, 6.45) is 2.58. The molecule has 3 rings (SSSR count). The maximum Gasteiger partial charge on any atom is 0.305 e. The Kier molecular flexibility index (Phi) is 4.35. The van der Waals surface area contributed by atoms with Gasteiger partial charge >= 0.3 is 5.97 Å². The van der Waals surface area contributed by atoms with E-state index in [0.29, 0.717) is 12.3 Å². The minimum atomic E-state index is -0.868. The summed E-state index contributed by atoms with van der Waals surface area (Å²) in [6.45, 7) is 6.46. The Morgan fingerprint density at radius 3 is 2.58 bits per heavy atom. The van der Waals surface area contributed by atoms with Crippen LogP contribution >= 0.6 is 0 Å². The Bertz CT molecular complexity index is 805. The predicted octanol–water partition coefficient (Wildman–Crippen LogP) is 3.83. The summed E-state index contributed by atoms with van der Waals surface area (Å²) < 4.78 is 5.94. The largest absolute Gasteiger partial charge is 0.481 e. The number of furan rings is 1. The van der Waals surface area contributed by atoms with E-state index in [0.717, 1.165) is 46.9 Å². The first kappa shape index (κ1) is 16.6. The Balaban J connectivity index is 2.01. The SMILES string of the molecule is Cc1ccc(C)c2c(C)c(C(=O)N3CCCC[C@H]3CC(=O)O)oc12. The Labute approximate surface area is 141 Å². The highest BCUT2D eigenvalue weighted by atomic mass is 16.4. The van der Waals surface area contributed by atoms with Crippen LogP contribution in [0.1, 0.15) is 52.9 Å². The molecule has 2 aromatic rings. The summed E-state index contributed by atoms with van der Waals surface area (Å²) in [5.41, 5.74) is 3.67. The van der Waals surface area contributed by atoms with Gasteiger partial charge in [-0.15, -0.1) is 0 Å². The molecule has 24 heavy (non-hydrogen) atoms. The minimum absolute atomic E-state index is 0.0108. The van der Waals surface area contributed by atoms with Crippen molar-refractivity contribution in [3.05, 3.63) is 34.6 Å². The third kappa shape index (κ3) is 2.79. The Morgan fingerprint density at radius 2 is 1.92 bits per heavy atom. The van der Waals surface area contributed by atoms with Crippen molar-refractivity contribution in [3.8, 4) is 0 Å². The zero-order valence-electron chi connectivity index (χ0n) is 14.4. The van der Waals surface area contributed by atoms with Crippen molar-refractivity contribution in [2.24, 2.45) is 0 Å². The molecule has 0 spiro atoms. The molecule has 1 saturated heterocycles. The summed E-state index contributed by atoms with van der Waals surface area (Å²) in [4.78, 5) is 25.8. The van der Waals surface area contributed by atoms with E-state index in [9.17, 15) is 9.59 Å². The first-order valence-corrected chi connectivity index (χ1v) is 8.42. The number of hydrogen-bond acceptors (Lipinski definition) is 3. The lowest BCUT2D eigenvalue weighted by Crippen LogP contribution is -2.44. The van der Waals surface area contributed by atoms with E-state index >= 15 is 0 Å². The van der Waals surface area contributed by atoms with Crippen LogP contribution in [0.5, 0.6) is 0 Å². The van der Waals surface area contributed by atoms with Crippen LogP contribution in [0.4, 0.5) is 0 Å². The van der Waals surface area contributed by atoms with Gasteiger partial charge in [0.05, 0.1) is 6.42 Å². The molecule has 1 atom stereocenters. The molecule has 128 valence electrons. The molecule has 0 radical (unpaired) electrons. The lowest BCUT2D eigenvalue weighted by atomic mass is 9.98. The number of carbonyl (C=O) groups excluding carboxylic acids is 1. The summed E-state index contributed by atoms with van der Waals surface area (Å²) in [7, 11) is 0. The highest BCUT2D eigenvalue weighted by Gasteiger charge is 2.32. The lowest BCUT2D eigenvalue weighted by Gasteiger charge is -2.34. The Hall–Kier alpha value is -2.30. The fourth-order valence-corrected chi connectivity index (χ4v) is 3.69. The molecule has 0 saturated carbocycles. The molecular formula is C19H23NO4. The van der Waals surface area contributed by atoms with E-state index in [1.54, 1.807) is 4.90 Å². The number of piperidine rings is 1. The van der Waals surface area contributed by atoms with Gasteiger partial charge in [0.15, 0.2) is 5.76 Å². The van der Waals surface area contributed by atoms with Crippen LogP contribution in [-0.4, -0.2) is 34.5 Å². The van der Waals surface area contributed by atoms with Gasteiger partial charge < -0.3 is 14.4 Å². The number of aliphatic carboxylic acids is 1. The van der Waals surface area contributed by atoms with Gasteiger partial charge in [-0.05, 0) is 51.2 Å². The van der Waals surface area contributed by atoms with Crippen molar-refractivity contribution in [1.82, 2.24) is 4.90 Å². The van der Waals surface area contributed by atoms with Crippen LogP contribution < -0.4 is 0 Å². The average Bonchev–Trinajstić information content (AvgIpc) is 2.89. The van der Waals surface area contributed by atoms with Crippen LogP contribution in [0.15, 0.2) is 16.5 Å². The zero-order chi connectivity index (χ0) is 17.4. The van der Waals surface area contributed by atoms with Gasteiger partial charge in [0.1, 0.15) is 5.58 Å². The van der Waals surface area contributed by atoms with Crippen molar-refractivity contribution >= 4 is 22.8 Å². The van der Waals surface area contributed by atoms with Gasteiger partial charge in [0.2, 0.25) is 0 Å². The number of carboxylic acids is 1. The monoisotopic (exact) mass is 329 g/mol. The molecule has 1 fully saturated rings. The van der Waals surface area contributed by atoms with E-state index in [-0.39, 0.29) is 18.4 Å². The maximum absolute atomic E-state index is 13.0. The van der Waals surface area contributed by atoms with Gasteiger partial charge in [-0.1, -0.05) is 12.1 Å². The van der Waals surface area contributed by atoms with Gasteiger partial charge in [-0.2, -0.15) is 0 Å². The van der Waals surface area contributed by atoms with E-state index in [2.05, 4.69) is 0 Å². The number of carbonyl (C=O) groups is 2. The molecule has 1 aliphatic rings. The quantitative estimate of drug-likeness (QED) is 0.929. The second-order valence-corrected chi connectivity index (χ2v) is 6.71. The number of hydrogen-bond donors (Lipinski definition) is 1. The van der Waals surface area contributed by atoms with Crippen molar-refractivity contribution in [1.29, 1.82) is 0 Å². The molecule has 5 nitrogen and oxygen atoms in total. The van der Waals surface area contributed by atoms with Crippen molar-refractivity contribution < 1.29 is 19.1 Å². The van der Waals surface area contributed by atoms with E-state index in [1.807, 2.05) is 32.9 Å². The topological polar surface area (TPSA) is 70.8 Å². The summed E-state index contributed by atoms with van der Waals surface area (Å²) in [6, 6.07) is 3.77. The van der Waals surface area contributed by atoms with Crippen molar-refractivity contribution in [2.75, 3.05) is 6.54 Å². The number of amides is 1. The molecular weight excluding hydrogens is 306 g/mol. The highest BCUT2D eigenvalue weighted by Crippen LogP contribution is 2.32. The van der Waals surface area contributed by atoms with Gasteiger partial charge in [-0.25, -0.2) is 0 Å². The van der Waals surface area contributed by atoms with Gasteiger partial charge in [-0.3, -0.25) is 9.59 Å². The van der Waals surface area contributed by atoms with Crippen molar-refractivity contribution in [3.63, 3.8) is 0 Å². The van der Waals surface area contributed by atoms with Gasteiger partial charge in [0.25, 0.3) is 5.91 Å². The lowest BCUT2D eigenvalue weighted by molar-refractivity contribution is -0.138. The number of likely N-dealkylation sites (tertiary alicyclic amines) is 1. The van der Waals surface area contributed by atoms with Crippen molar-refractivity contribution in [2.45, 2.75) is 52.5 Å². The second-order valence-electron chi connectivity index (χ2n) is 6.71. The molecule has 0 unspecified atom stereocenters. The van der Waals surface area contributed by atoms with Crippen LogP contribution in [0.25, 0.3) is 11.0 Å². The molecule has 5 heteroatoms. The molecule has 1 N–H and O–H groups in total. The molecule has 0 bridgehead atoms.